The number of hydrogen-bond donors (Lipinski definition) is 0. The zero-order chi connectivity index (χ0) is 9.89. The molecule has 0 unspecified atom stereocenters. The number of rotatable bonds is 1. The fourth-order valence-corrected chi connectivity index (χ4v) is 8.30. The molecule has 1 aliphatic heterocycles. The Morgan fingerprint density at radius 1 is 1.13 bits per heavy atom. The molecule has 0 aromatic heterocycles. The Morgan fingerprint density at radius 2 is 2.00 bits per heavy atom. The summed E-state index contributed by atoms with van der Waals surface area (Å²) in [6, 6.07) is 0. The number of thioether (sulfide) groups is 1. The van der Waals surface area contributed by atoms with Crippen LogP contribution in [0.5, 0.6) is 0 Å². The van der Waals surface area contributed by atoms with E-state index in [0.29, 0.717) is 6.10 Å². The molecule has 4 saturated carbocycles. The molecule has 0 amide bonds. The van der Waals surface area contributed by atoms with E-state index >= 15 is 0 Å². The van der Waals surface area contributed by atoms with Gasteiger partial charge < -0.3 is 4.74 Å². The number of carbonyl (C=O) groups excluding carboxylic acids is 1. The number of fused-ring (bicyclic) bond motifs is 2. The molecule has 2 bridgehead atoms. The normalized spacial score (nSPS) is 70.1. The van der Waals surface area contributed by atoms with Gasteiger partial charge in [0.2, 0.25) is 0 Å². The van der Waals surface area contributed by atoms with Crippen LogP contribution in [0, 0.1) is 35.5 Å². The molecule has 5 aliphatic rings. The molecule has 3 heteroatoms. The molecule has 0 radical (unpaired) electrons. The van der Waals surface area contributed by atoms with E-state index in [-0.39, 0.29) is 5.97 Å². The fraction of sp³-hybridized carbons (Fsp3) is 0.917. The lowest BCUT2D eigenvalue weighted by Gasteiger charge is -2.46. The van der Waals surface area contributed by atoms with Crippen molar-refractivity contribution in [2.45, 2.75) is 29.9 Å². The standard InChI is InChI=1S/C12H14O2S/c1-3(13)14-10-8-4-2-5-7-6(4)9(10)12(7)15-11(5)8/h4-12H,2H2,1H3/t4-,5+,6-,7+,8+,9+,10-,11+,12-/m1/s1. The van der Waals surface area contributed by atoms with Gasteiger partial charge in [-0.1, -0.05) is 0 Å². The monoisotopic (exact) mass is 222 g/mol. The summed E-state index contributed by atoms with van der Waals surface area (Å²) in [6.07, 6.45) is 1.78. The van der Waals surface area contributed by atoms with Gasteiger partial charge in [0.15, 0.2) is 0 Å². The first-order valence-electron chi connectivity index (χ1n) is 6.10. The summed E-state index contributed by atoms with van der Waals surface area (Å²) >= 11 is 2.25. The number of esters is 1. The highest BCUT2D eigenvalue weighted by Gasteiger charge is 2.82. The van der Waals surface area contributed by atoms with Gasteiger partial charge in [0.05, 0.1) is 0 Å². The minimum Gasteiger partial charge on any atom is -0.462 e. The number of ether oxygens (including phenoxy) is 1. The van der Waals surface area contributed by atoms with E-state index in [0.717, 1.165) is 46.0 Å². The predicted octanol–water partition coefficient (Wildman–Crippen LogP) is 1.54. The third kappa shape index (κ3) is 0.620. The van der Waals surface area contributed by atoms with Crippen molar-refractivity contribution in [2.75, 3.05) is 0 Å². The smallest absolute Gasteiger partial charge is 0.302 e. The molecule has 0 aromatic rings. The maximum atomic E-state index is 11.2. The third-order valence-corrected chi connectivity index (χ3v) is 7.77. The average Bonchev–Trinajstić information content (AvgIpc) is 2.62. The zero-order valence-corrected chi connectivity index (χ0v) is 9.44. The Kier molecular flexibility index (Phi) is 1.12. The van der Waals surface area contributed by atoms with E-state index < -0.39 is 0 Å². The minimum absolute atomic E-state index is 0.0578. The molecule has 1 heterocycles. The highest BCUT2D eigenvalue weighted by Crippen LogP contribution is 2.82. The Morgan fingerprint density at radius 3 is 2.80 bits per heavy atom. The second kappa shape index (κ2) is 2.11. The predicted molar refractivity (Wildman–Crippen MR) is 56.3 cm³/mol. The first kappa shape index (κ1) is 7.99. The first-order valence-corrected chi connectivity index (χ1v) is 7.04. The van der Waals surface area contributed by atoms with Crippen molar-refractivity contribution in [2.24, 2.45) is 35.5 Å². The van der Waals surface area contributed by atoms with Crippen LogP contribution in [0.15, 0.2) is 0 Å². The topological polar surface area (TPSA) is 26.3 Å². The van der Waals surface area contributed by atoms with Crippen LogP contribution in [0.3, 0.4) is 0 Å². The summed E-state index contributed by atoms with van der Waals surface area (Å²) in [5.74, 6) is 5.38. The molecule has 0 N–H and O–H groups in total. The van der Waals surface area contributed by atoms with E-state index in [4.69, 9.17) is 4.74 Å². The molecule has 0 aromatic carbocycles. The van der Waals surface area contributed by atoms with Crippen molar-refractivity contribution in [1.82, 2.24) is 0 Å². The van der Waals surface area contributed by atoms with Gasteiger partial charge in [-0.25, -0.2) is 0 Å². The SMILES string of the molecule is CC(=O)O[C@@H]1[C@@H]2[C@@H]3C[C@@H]4[C@@H]2S[C@@H]2[C@@H]4[C@@H]3[C@@H]12. The second-order valence-electron chi connectivity index (χ2n) is 6.01. The molecule has 5 fully saturated rings. The average molecular weight is 222 g/mol. The van der Waals surface area contributed by atoms with Crippen LogP contribution in [-0.2, 0) is 9.53 Å². The van der Waals surface area contributed by atoms with Crippen molar-refractivity contribution < 1.29 is 9.53 Å². The van der Waals surface area contributed by atoms with E-state index in [2.05, 4.69) is 11.8 Å². The molecular weight excluding hydrogens is 208 g/mol. The second-order valence-corrected chi connectivity index (χ2v) is 7.37. The van der Waals surface area contributed by atoms with Crippen molar-refractivity contribution in [3.05, 3.63) is 0 Å². The molecule has 5 rings (SSSR count). The van der Waals surface area contributed by atoms with Gasteiger partial charge in [0, 0.05) is 29.3 Å². The van der Waals surface area contributed by atoms with Crippen LogP contribution >= 0.6 is 11.8 Å². The molecule has 15 heavy (non-hydrogen) atoms. The Bertz CT molecular complexity index is 376. The van der Waals surface area contributed by atoms with Crippen LogP contribution in [0.2, 0.25) is 0 Å². The number of carbonyl (C=O) groups is 1. The number of hydrogen-bond acceptors (Lipinski definition) is 3. The highest BCUT2D eigenvalue weighted by atomic mass is 32.2. The Labute approximate surface area is 93.1 Å². The van der Waals surface area contributed by atoms with E-state index in [1.54, 1.807) is 6.92 Å². The largest absolute Gasteiger partial charge is 0.462 e. The Balaban J connectivity index is 1.61. The van der Waals surface area contributed by atoms with Crippen molar-refractivity contribution in [3.63, 3.8) is 0 Å². The molecule has 2 nitrogen and oxygen atoms in total. The molecule has 80 valence electrons. The fourth-order valence-electron chi connectivity index (χ4n) is 5.83. The van der Waals surface area contributed by atoms with E-state index in [9.17, 15) is 4.79 Å². The summed E-state index contributed by atoms with van der Waals surface area (Å²) in [6.45, 7) is 1.57. The summed E-state index contributed by atoms with van der Waals surface area (Å²) in [5.41, 5.74) is 0. The summed E-state index contributed by atoms with van der Waals surface area (Å²) in [5, 5.41) is 1.74. The quantitative estimate of drug-likeness (QED) is 0.630. The van der Waals surface area contributed by atoms with Crippen molar-refractivity contribution in [1.29, 1.82) is 0 Å². The van der Waals surface area contributed by atoms with Crippen LogP contribution in [0.4, 0.5) is 0 Å². The molecule has 1 saturated heterocycles. The van der Waals surface area contributed by atoms with Crippen LogP contribution < -0.4 is 0 Å². The lowest BCUT2D eigenvalue weighted by Crippen LogP contribution is -2.49. The van der Waals surface area contributed by atoms with Gasteiger partial charge in [0.25, 0.3) is 0 Å². The molecular formula is C12H14O2S. The lowest BCUT2D eigenvalue weighted by atomic mass is 9.63. The van der Waals surface area contributed by atoms with Gasteiger partial charge in [-0.15, -0.1) is 0 Å². The lowest BCUT2D eigenvalue weighted by molar-refractivity contribution is -0.152. The van der Waals surface area contributed by atoms with Crippen LogP contribution in [0.1, 0.15) is 13.3 Å². The Hall–Kier alpha value is -0.180. The van der Waals surface area contributed by atoms with Gasteiger partial charge >= 0.3 is 5.97 Å². The van der Waals surface area contributed by atoms with Gasteiger partial charge in [-0.3, -0.25) is 4.79 Å². The first-order chi connectivity index (χ1) is 7.27. The maximum Gasteiger partial charge on any atom is 0.302 e. The van der Waals surface area contributed by atoms with E-state index in [1.807, 2.05) is 0 Å². The van der Waals surface area contributed by atoms with Crippen molar-refractivity contribution in [3.8, 4) is 0 Å². The summed E-state index contributed by atoms with van der Waals surface area (Å²) < 4.78 is 5.62. The molecule has 9 atom stereocenters. The van der Waals surface area contributed by atoms with Gasteiger partial charge in [0.1, 0.15) is 6.10 Å². The van der Waals surface area contributed by atoms with Crippen LogP contribution in [-0.4, -0.2) is 22.6 Å². The van der Waals surface area contributed by atoms with E-state index in [1.165, 1.54) is 6.42 Å². The zero-order valence-electron chi connectivity index (χ0n) is 8.63. The van der Waals surface area contributed by atoms with Crippen LogP contribution in [0.25, 0.3) is 0 Å². The third-order valence-electron chi connectivity index (χ3n) is 5.85. The summed E-state index contributed by atoms with van der Waals surface area (Å²) in [7, 11) is 0. The summed E-state index contributed by atoms with van der Waals surface area (Å²) in [4.78, 5) is 11.2. The molecule has 0 spiro atoms. The minimum atomic E-state index is -0.0578. The molecule has 4 aliphatic carbocycles. The van der Waals surface area contributed by atoms with Gasteiger partial charge in [-0.05, 0) is 30.1 Å². The maximum absolute atomic E-state index is 11.2. The highest BCUT2D eigenvalue weighted by molar-refractivity contribution is 8.01. The van der Waals surface area contributed by atoms with Gasteiger partial charge in [-0.2, -0.15) is 11.8 Å². The van der Waals surface area contributed by atoms with Crippen molar-refractivity contribution >= 4 is 17.7 Å².